The van der Waals surface area contributed by atoms with Crippen molar-refractivity contribution < 1.29 is 0 Å². The highest BCUT2D eigenvalue weighted by molar-refractivity contribution is 7.10. The van der Waals surface area contributed by atoms with E-state index < -0.39 is 0 Å². The summed E-state index contributed by atoms with van der Waals surface area (Å²) in [7, 11) is 0. The summed E-state index contributed by atoms with van der Waals surface area (Å²) in [4.78, 5) is 1.50. The summed E-state index contributed by atoms with van der Waals surface area (Å²) >= 11 is 1.87. The van der Waals surface area contributed by atoms with Crippen LogP contribution in [0.4, 0.5) is 5.69 Å². The summed E-state index contributed by atoms with van der Waals surface area (Å²) in [5.41, 5.74) is 4.11. The highest BCUT2D eigenvalue weighted by atomic mass is 32.1. The van der Waals surface area contributed by atoms with Crippen LogP contribution in [0.3, 0.4) is 0 Å². The zero-order valence-electron chi connectivity index (χ0n) is 9.36. The summed E-state index contributed by atoms with van der Waals surface area (Å²) in [6, 6.07) is 11.1. The Labute approximate surface area is 100 Å². The third kappa shape index (κ3) is 1.74. The second kappa shape index (κ2) is 3.95. The molecule has 0 aliphatic carbocycles. The first-order valence-corrected chi connectivity index (χ1v) is 6.58. The van der Waals surface area contributed by atoms with E-state index in [-0.39, 0.29) is 0 Å². The highest BCUT2D eigenvalue weighted by Crippen LogP contribution is 2.32. The molecular formula is C14H15NS. The topological polar surface area (TPSA) is 12.0 Å². The molecule has 0 amide bonds. The van der Waals surface area contributed by atoms with E-state index in [1.807, 2.05) is 11.3 Å². The maximum absolute atomic E-state index is 3.55. The van der Waals surface area contributed by atoms with Crippen LogP contribution in [-0.4, -0.2) is 6.54 Å². The average Bonchev–Trinajstić information content (AvgIpc) is 2.82. The van der Waals surface area contributed by atoms with Crippen LogP contribution in [0.15, 0.2) is 35.7 Å². The van der Waals surface area contributed by atoms with Crippen molar-refractivity contribution in [3.63, 3.8) is 0 Å². The summed E-state index contributed by atoms with van der Waals surface area (Å²) < 4.78 is 0. The fraction of sp³-hybridized carbons (Fsp3) is 0.286. The fourth-order valence-electron chi connectivity index (χ4n) is 2.33. The van der Waals surface area contributed by atoms with Gasteiger partial charge >= 0.3 is 0 Å². The second-order valence-corrected chi connectivity index (χ2v) is 5.44. The van der Waals surface area contributed by atoms with Crippen molar-refractivity contribution >= 4 is 17.0 Å². The molecule has 2 heteroatoms. The number of benzene rings is 1. The Morgan fingerprint density at radius 3 is 3.06 bits per heavy atom. The van der Waals surface area contributed by atoms with E-state index in [2.05, 4.69) is 48.0 Å². The van der Waals surface area contributed by atoms with Gasteiger partial charge in [0.15, 0.2) is 0 Å². The molecule has 0 bridgehead atoms. The van der Waals surface area contributed by atoms with E-state index in [1.165, 1.54) is 28.1 Å². The second-order valence-electron chi connectivity index (χ2n) is 4.46. The molecule has 16 heavy (non-hydrogen) atoms. The molecule has 82 valence electrons. The Bertz CT molecular complexity index is 487. The highest BCUT2D eigenvalue weighted by Gasteiger charge is 2.20. The predicted octanol–water partition coefficient (Wildman–Crippen LogP) is 3.81. The van der Waals surface area contributed by atoms with Gasteiger partial charge in [0, 0.05) is 23.0 Å². The molecule has 1 aliphatic rings. The molecule has 1 aromatic carbocycles. The first-order chi connectivity index (χ1) is 7.83. The lowest BCUT2D eigenvalue weighted by atomic mass is 9.92. The van der Waals surface area contributed by atoms with Crippen LogP contribution in [-0.2, 0) is 6.42 Å². The normalized spacial score (nSPS) is 18.9. The number of thiophene rings is 1. The molecule has 1 aliphatic heterocycles. The first kappa shape index (κ1) is 9.91. The molecule has 1 unspecified atom stereocenters. The Morgan fingerprint density at radius 2 is 2.25 bits per heavy atom. The van der Waals surface area contributed by atoms with Gasteiger partial charge in [-0.25, -0.2) is 0 Å². The van der Waals surface area contributed by atoms with Gasteiger partial charge < -0.3 is 5.32 Å². The number of anilines is 1. The molecule has 0 spiro atoms. The molecule has 2 aromatic rings. The average molecular weight is 229 g/mol. The number of aryl methyl sites for hydroxylation is 1. The SMILES string of the molecule is Cc1ccc2c(c1)NCC(c1cccs1)C2. The lowest BCUT2D eigenvalue weighted by molar-refractivity contribution is 0.707. The molecule has 1 atom stereocenters. The molecule has 0 saturated heterocycles. The molecule has 1 aromatic heterocycles. The zero-order valence-corrected chi connectivity index (χ0v) is 10.2. The largest absolute Gasteiger partial charge is 0.384 e. The molecule has 0 radical (unpaired) electrons. The number of rotatable bonds is 1. The van der Waals surface area contributed by atoms with Gasteiger partial charge in [-0.15, -0.1) is 11.3 Å². The fourth-order valence-corrected chi connectivity index (χ4v) is 3.16. The lowest BCUT2D eigenvalue weighted by Crippen LogP contribution is -2.20. The molecule has 0 saturated carbocycles. The van der Waals surface area contributed by atoms with Crippen molar-refractivity contribution in [2.75, 3.05) is 11.9 Å². The van der Waals surface area contributed by atoms with Crippen molar-refractivity contribution in [3.05, 3.63) is 51.7 Å². The van der Waals surface area contributed by atoms with Crippen molar-refractivity contribution in [3.8, 4) is 0 Å². The Morgan fingerprint density at radius 1 is 1.31 bits per heavy atom. The van der Waals surface area contributed by atoms with Gasteiger partial charge in [0.25, 0.3) is 0 Å². The van der Waals surface area contributed by atoms with Gasteiger partial charge in [0.05, 0.1) is 0 Å². The van der Waals surface area contributed by atoms with Gasteiger partial charge in [-0.3, -0.25) is 0 Å². The monoisotopic (exact) mass is 229 g/mol. The number of hydrogen-bond donors (Lipinski definition) is 1. The maximum atomic E-state index is 3.55. The minimum Gasteiger partial charge on any atom is -0.384 e. The smallest absolute Gasteiger partial charge is 0.0375 e. The van der Waals surface area contributed by atoms with Crippen molar-refractivity contribution in [2.45, 2.75) is 19.3 Å². The number of fused-ring (bicyclic) bond motifs is 1. The molecular weight excluding hydrogens is 214 g/mol. The van der Waals surface area contributed by atoms with Crippen LogP contribution < -0.4 is 5.32 Å². The standard InChI is InChI=1S/C14H15NS/c1-10-4-5-11-8-12(9-15-13(11)7-10)14-3-2-6-16-14/h2-7,12,15H,8-9H2,1H3. The van der Waals surface area contributed by atoms with Gasteiger partial charge in [-0.05, 0) is 42.0 Å². The summed E-state index contributed by atoms with van der Waals surface area (Å²) in [6.07, 6.45) is 1.17. The van der Waals surface area contributed by atoms with E-state index in [0.717, 1.165) is 6.54 Å². The van der Waals surface area contributed by atoms with Crippen molar-refractivity contribution in [1.82, 2.24) is 0 Å². The van der Waals surface area contributed by atoms with Gasteiger partial charge in [-0.2, -0.15) is 0 Å². The van der Waals surface area contributed by atoms with Crippen LogP contribution in [0, 0.1) is 6.92 Å². The molecule has 1 N–H and O–H groups in total. The number of nitrogens with one attached hydrogen (secondary N) is 1. The van der Waals surface area contributed by atoms with E-state index in [1.54, 1.807) is 0 Å². The number of hydrogen-bond acceptors (Lipinski definition) is 2. The van der Waals surface area contributed by atoms with E-state index in [0.29, 0.717) is 5.92 Å². The van der Waals surface area contributed by atoms with Gasteiger partial charge in [0.1, 0.15) is 0 Å². The van der Waals surface area contributed by atoms with E-state index in [9.17, 15) is 0 Å². The van der Waals surface area contributed by atoms with Crippen molar-refractivity contribution in [1.29, 1.82) is 0 Å². The molecule has 3 rings (SSSR count). The van der Waals surface area contributed by atoms with Crippen LogP contribution in [0.5, 0.6) is 0 Å². The summed E-state index contributed by atoms with van der Waals surface area (Å²) in [6.45, 7) is 3.21. The summed E-state index contributed by atoms with van der Waals surface area (Å²) in [5.74, 6) is 0.648. The summed E-state index contributed by atoms with van der Waals surface area (Å²) in [5, 5.41) is 5.72. The lowest BCUT2D eigenvalue weighted by Gasteiger charge is -2.25. The van der Waals surface area contributed by atoms with Gasteiger partial charge in [-0.1, -0.05) is 18.2 Å². The quantitative estimate of drug-likeness (QED) is 0.784. The Hall–Kier alpha value is -1.28. The molecule has 1 nitrogen and oxygen atoms in total. The zero-order chi connectivity index (χ0) is 11.0. The Balaban J connectivity index is 1.89. The minimum absolute atomic E-state index is 0.648. The van der Waals surface area contributed by atoms with Crippen molar-refractivity contribution in [2.24, 2.45) is 0 Å². The minimum atomic E-state index is 0.648. The van der Waals surface area contributed by atoms with E-state index in [4.69, 9.17) is 0 Å². The van der Waals surface area contributed by atoms with Gasteiger partial charge in [0.2, 0.25) is 0 Å². The van der Waals surface area contributed by atoms with Crippen LogP contribution in [0.1, 0.15) is 21.9 Å². The van der Waals surface area contributed by atoms with Crippen LogP contribution >= 0.6 is 11.3 Å². The third-order valence-electron chi connectivity index (χ3n) is 3.22. The van der Waals surface area contributed by atoms with Crippen LogP contribution in [0.25, 0.3) is 0 Å². The maximum Gasteiger partial charge on any atom is 0.0375 e. The first-order valence-electron chi connectivity index (χ1n) is 5.70. The Kier molecular flexibility index (Phi) is 2.44. The third-order valence-corrected chi connectivity index (χ3v) is 4.25. The molecule has 2 heterocycles. The van der Waals surface area contributed by atoms with E-state index >= 15 is 0 Å². The predicted molar refractivity (Wildman–Crippen MR) is 70.4 cm³/mol. The van der Waals surface area contributed by atoms with Crippen LogP contribution in [0.2, 0.25) is 0 Å². The molecule has 0 fully saturated rings.